The minimum absolute atomic E-state index is 0.202. The molecule has 0 fully saturated rings. The maximum absolute atomic E-state index is 11.4. The number of carbonyl (C=O) groups excluding carboxylic acids is 1. The van der Waals surface area contributed by atoms with E-state index < -0.39 is 12.3 Å². The first kappa shape index (κ1) is 18.5. The van der Waals surface area contributed by atoms with Crippen molar-refractivity contribution >= 4 is 5.97 Å². The first-order valence-electron chi connectivity index (χ1n) is 7.63. The van der Waals surface area contributed by atoms with Gasteiger partial charge in [-0.15, -0.1) is 0 Å². The van der Waals surface area contributed by atoms with E-state index >= 15 is 0 Å². The number of hydrogen-bond acceptors (Lipinski definition) is 4. The van der Waals surface area contributed by atoms with E-state index in [2.05, 4.69) is 0 Å². The van der Waals surface area contributed by atoms with Gasteiger partial charge in [0, 0.05) is 23.1 Å². The number of benzene rings is 1. The Morgan fingerprint density at radius 3 is 1.82 bits per heavy atom. The van der Waals surface area contributed by atoms with Gasteiger partial charge in [0.05, 0.1) is 0 Å². The fourth-order valence-corrected chi connectivity index (χ4v) is 2.22. The molecule has 1 unspecified atom stereocenters. The van der Waals surface area contributed by atoms with Crippen molar-refractivity contribution in [3.63, 3.8) is 0 Å². The zero-order valence-electron chi connectivity index (χ0n) is 14.7. The fourth-order valence-electron chi connectivity index (χ4n) is 2.22. The molecule has 2 N–H and O–H groups in total. The van der Waals surface area contributed by atoms with Crippen molar-refractivity contribution in [3.05, 3.63) is 28.8 Å². The monoisotopic (exact) mass is 308 g/mol. The summed E-state index contributed by atoms with van der Waals surface area (Å²) in [6.07, 6.45) is -1.12. The number of aliphatic hydroxyl groups is 1. The lowest BCUT2D eigenvalue weighted by Gasteiger charge is -2.29. The lowest BCUT2D eigenvalue weighted by Crippen LogP contribution is -2.19. The first-order valence-corrected chi connectivity index (χ1v) is 7.63. The summed E-state index contributed by atoms with van der Waals surface area (Å²) in [6.45, 7) is 13.6. The molecule has 0 aliphatic carbocycles. The van der Waals surface area contributed by atoms with E-state index in [1.165, 1.54) is 0 Å². The van der Waals surface area contributed by atoms with Crippen LogP contribution < -0.4 is 0 Å². The van der Waals surface area contributed by atoms with Crippen LogP contribution in [0.25, 0.3) is 0 Å². The number of esters is 1. The van der Waals surface area contributed by atoms with Crippen LogP contribution in [-0.2, 0) is 20.4 Å². The Morgan fingerprint density at radius 2 is 1.50 bits per heavy atom. The molecule has 0 saturated heterocycles. The fraction of sp³-hybridized carbons (Fsp3) is 0.611. The molecule has 0 bridgehead atoms. The standard InChI is InChI=1S/C18H28O4/c1-8-14(19)22-16(21)11-9-12(17(2,3)4)15(20)13(10-11)18(5,6)7/h9-10,16,20-21H,8H2,1-7H3. The van der Waals surface area contributed by atoms with Gasteiger partial charge in [0.1, 0.15) is 5.75 Å². The molecule has 4 nitrogen and oxygen atoms in total. The van der Waals surface area contributed by atoms with E-state index in [0.717, 1.165) is 11.1 Å². The molecular weight excluding hydrogens is 280 g/mol. The highest BCUT2D eigenvalue weighted by Gasteiger charge is 2.28. The normalized spacial score (nSPS) is 13.8. The Kier molecular flexibility index (Phi) is 5.29. The van der Waals surface area contributed by atoms with E-state index in [1.807, 2.05) is 41.5 Å². The van der Waals surface area contributed by atoms with Crippen LogP contribution in [0.1, 0.15) is 77.9 Å². The van der Waals surface area contributed by atoms with Gasteiger partial charge in [0.2, 0.25) is 6.29 Å². The lowest BCUT2D eigenvalue weighted by molar-refractivity contribution is -0.168. The van der Waals surface area contributed by atoms with Gasteiger partial charge in [0.15, 0.2) is 0 Å². The zero-order valence-corrected chi connectivity index (χ0v) is 14.7. The number of rotatable bonds is 3. The topological polar surface area (TPSA) is 66.8 Å². The Morgan fingerprint density at radius 1 is 1.09 bits per heavy atom. The summed E-state index contributed by atoms with van der Waals surface area (Å²) >= 11 is 0. The molecule has 1 atom stereocenters. The van der Waals surface area contributed by atoms with Crippen molar-refractivity contribution < 1.29 is 19.7 Å². The quantitative estimate of drug-likeness (QED) is 0.656. The first-order chi connectivity index (χ1) is 9.87. The highest BCUT2D eigenvalue weighted by molar-refractivity contribution is 5.69. The Hall–Kier alpha value is -1.55. The molecule has 0 saturated carbocycles. The van der Waals surface area contributed by atoms with E-state index in [9.17, 15) is 15.0 Å². The van der Waals surface area contributed by atoms with Crippen LogP contribution in [0, 0.1) is 0 Å². The van der Waals surface area contributed by atoms with Crippen molar-refractivity contribution in [2.24, 2.45) is 0 Å². The van der Waals surface area contributed by atoms with Gasteiger partial charge in [-0.25, -0.2) is 0 Å². The second-order valence-electron chi connectivity index (χ2n) is 7.66. The van der Waals surface area contributed by atoms with E-state index in [1.54, 1.807) is 19.1 Å². The summed E-state index contributed by atoms with van der Waals surface area (Å²) in [5.74, 6) is -0.229. The number of ether oxygens (including phenoxy) is 1. The number of phenolic OH excluding ortho intramolecular Hbond substituents is 1. The van der Waals surface area contributed by atoms with Crippen LogP contribution in [0.3, 0.4) is 0 Å². The molecule has 0 spiro atoms. The average Bonchev–Trinajstić information content (AvgIpc) is 2.35. The molecule has 0 aliphatic heterocycles. The van der Waals surface area contributed by atoms with E-state index in [-0.39, 0.29) is 23.0 Å². The van der Waals surface area contributed by atoms with Crippen LogP contribution in [0.15, 0.2) is 12.1 Å². The largest absolute Gasteiger partial charge is 0.507 e. The summed E-state index contributed by atoms with van der Waals surface area (Å²) in [4.78, 5) is 11.4. The summed E-state index contributed by atoms with van der Waals surface area (Å²) in [7, 11) is 0. The molecular formula is C18H28O4. The summed E-state index contributed by atoms with van der Waals surface area (Å²) < 4.78 is 5.00. The van der Waals surface area contributed by atoms with Crippen LogP contribution in [0.5, 0.6) is 5.75 Å². The van der Waals surface area contributed by atoms with Crippen LogP contribution in [0.2, 0.25) is 0 Å². The summed E-state index contributed by atoms with van der Waals surface area (Å²) in [6, 6.07) is 3.41. The van der Waals surface area contributed by atoms with Crippen LogP contribution in [-0.4, -0.2) is 16.2 Å². The lowest BCUT2D eigenvalue weighted by atomic mass is 9.78. The molecule has 0 aliphatic rings. The molecule has 0 aromatic heterocycles. The number of aromatic hydroxyl groups is 1. The summed E-state index contributed by atoms with van der Waals surface area (Å²) in [5, 5.41) is 20.8. The number of aliphatic hydroxyl groups excluding tert-OH is 1. The molecule has 4 heteroatoms. The molecule has 1 aromatic rings. The zero-order chi connectivity index (χ0) is 17.3. The Bertz CT molecular complexity index is 512. The van der Waals surface area contributed by atoms with Gasteiger partial charge < -0.3 is 14.9 Å². The Balaban J connectivity index is 3.44. The van der Waals surface area contributed by atoms with Gasteiger partial charge in [0.25, 0.3) is 0 Å². The van der Waals surface area contributed by atoms with Gasteiger partial charge in [-0.2, -0.15) is 0 Å². The smallest absolute Gasteiger partial charge is 0.308 e. The third kappa shape index (κ3) is 4.23. The molecule has 124 valence electrons. The maximum atomic E-state index is 11.4. The minimum atomic E-state index is -1.32. The molecule has 1 aromatic carbocycles. The third-order valence-corrected chi connectivity index (χ3v) is 3.57. The van der Waals surface area contributed by atoms with Gasteiger partial charge >= 0.3 is 5.97 Å². The van der Waals surface area contributed by atoms with E-state index in [4.69, 9.17) is 4.74 Å². The predicted molar refractivity (Wildman–Crippen MR) is 86.8 cm³/mol. The van der Waals surface area contributed by atoms with Gasteiger partial charge in [-0.1, -0.05) is 48.5 Å². The van der Waals surface area contributed by atoms with Crippen molar-refractivity contribution in [2.75, 3.05) is 0 Å². The van der Waals surface area contributed by atoms with Gasteiger partial charge in [-0.3, -0.25) is 4.79 Å². The number of carbonyl (C=O) groups is 1. The van der Waals surface area contributed by atoms with Crippen molar-refractivity contribution in [2.45, 2.75) is 72.0 Å². The molecule has 0 heterocycles. The van der Waals surface area contributed by atoms with Crippen molar-refractivity contribution in [3.8, 4) is 5.75 Å². The Labute approximate surface area is 133 Å². The molecule has 22 heavy (non-hydrogen) atoms. The van der Waals surface area contributed by atoms with Crippen LogP contribution >= 0.6 is 0 Å². The van der Waals surface area contributed by atoms with Crippen LogP contribution in [0.4, 0.5) is 0 Å². The SMILES string of the molecule is CCC(=O)OC(O)c1cc(C(C)(C)C)c(O)c(C(C)(C)C)c1. The second kappa shape index (κ2) is 6.29. The average molecular weight is 308 g/mol. The minimum Gasteiger partial charge on any atom is -0.507 e. The summed E-state index contributed by atoms with van der Waals surface area (Å²) in [5.41, 5.74) is 1.33. The second-order valence-corrected chi connectivity index (χ2v) is 7.66. The highest BCUT2D eigenvalue weighted by Crippen LogP contribution is 2.40. The molecule has 1 rings (SSSR count). The maximum Gasteiger partial charge on any atom is 0.308 e. The van der Waals surface area contributed by atoms with Gasteiger partial charge in [-0.05, 0) is 23.0 Å². The van der Waals surface area contributed by atoms with E-state index in [0.29, 0.717) is 5.56 Å². The van der Waals surface area contributed by atoms with Crippen molar-refractivity contribution in [1.29, 1.82) is 0 Å². The highest BCUT2D eigenvalue weighted by atomic mass is 16.6. The van der Waals surface area contributed by atoms with Crippen molar-refractivity contribution in [1.82, 2.24) is 0 Å². The number of hydrogen-bond donors (Lipinski definition) is 2. The predicted octanol–water partition coefficient (Wildman–Crippen LogP) is 3.93. The third-order valence-electron chi connectivity index (χ3n) is 3.57. The molecule has 0 radical (unpaired) electrons. The number of phenols is 1. The molecule has 0 amide bonds.